The SMILES string of the molecule is CC(=O)/C(=C1/CCCCN1)S(=O)(=O)c1ccc(C)cc1F. The lowest BCUT2D eigenvalue weighted by molar-refractivity contribution is -0.113. The first-order chi connectivity index (χ1) is 9.84. The van der Waals surface area contributed by atoms with Gasteiger partial charge in [0.15, 0.2) is 5.78 Å². The summed E-state index contributed by atoms with van der Waals surface area (Å²) in [5.74, 6) is -1.40. The molecule has 1 aliphatic heterocycles. The molecule has 0 unspecified atom stereocenters. The molecule has 0 bridgehead atoms. The topological polar surface area (TPSA) is 63.2 Å². The highest BCUT2D eigenvalue weighted by Crippen LogP contribution is 2.27. The third-order valence-corrected chi connectivity index (χ3v) is 5.41. The van der Waals surface area contributed by atoms with E-state index in [1.165, 1.54) is 19.1 Å². The van der Waals surface area contributed by atoms with Gasteiger partial charge >= 0.3 is 0 Å². The summed E-state index contributed by atoms with van der Waals surface area (Å²) in [6.07, 6.45) is 2.22. The van der Waals surface area contributed by atoms with Gasteiger partial charge in [0.05, 0.1) is 0 Å². The number of carbonyl (C=O) groups excluding carboxylic acids is 1. The fourth-order valence-electron chi connectivity index (χ4n) is 2.45. The van der Waals surface area contributed by atoms with Crippen LogP contribution in [0, 0.1) is 12.7 Å². The third-order valence-electron chi connectivity index (χ3n) is 3.43. The summed E-state index contributed by atoms with van der Waals surface area (Å²) in [5.41, 5.74) is 1.02. The number of halogens is 1. The minimum atomic E-state index is -4.15. The van der Waals surface area contributed by atoms with Crippen molar-refractivity contribution in [1.82, 2.24) is 5.32 Å². The van der Waals surface area contributed by atoms with Crippen LogP contribution in [0.15, 0.2) is 33.7 Å². The quantitative estimate of drug-likeness (QED) is 0.871. The van der Waals surface area contributed by atoms with Crippen LogP contribution in [0.4, 0.5) is 4.39 Å². The standard InChI is InChI=1S/C15H18FNO3S/c1-10-6-7-14(12(16)9-10)21(19,20)15(11(2)18)13-5-3-4-8-17-13/h6-7,9,17H,3-5,8H2,1-2H3/b15-13+. The molecule has 1 fully saturated rings. The molecule has 2 rings (SSSR count). The van der Waals surface area contributed by atoms with Gasteiger partial charge in [0.1, 0.15) is 15.6 Å². The Labute approximate surface area is 124 Å². The number of Topliss-reactive ketones (excluding diaryl/α,β-unsaturated/α-hetero) is 1. The summed E-state index contributed by atoms with van der Waals surface area (Å²) in [5, 5.41) is 2.96. The molecule has 1 aromatic carbocycles. The Morgan fingerprint density at radius 1 is 1.29 bits per heavy atom. The van der Waals surface area contributed by atoms with Crippen LogP contribution in [0.3, 0.4) is 0 Å². The summed E-state index contributed by atoms with van der Waals surface area (Å²) in [6, 6.07) is 3.89. The Kier molecular flexibility index (Phi) is 4.46. The number of sulfone groups is 1. The normalized spacial score (nSPS) is 18.0. The van der Waals surface area contributed by atoms with E-state index in [2.05, 4.69) is 5.32 Å². The molecule has 1 saturated heterocycles. The van der Waals surface area contributed by atoms with Crippen LogP contribution in [0.5, 0.6) is 0 Å². The summed E-state index contributed by atoms with van der Waals surface area (Å²) >= 11 is 0. The van der Waals surface area contributed by atoms with Crippen molar-refractivity contribution >= 4 is 15.6 Å². The van der Waals surface area contributed by atoms with Crippen molar-refractivity contribution in [3.8, 4) is 0 Å². The molecule has 21 heavy (non-hydrogen) atoms. The average molecular weight is 311 g/mol. The maximum absolute atomic E-state index is 14.0. The first-order valence-corrected chi connectivity index (χ1v) is 8.31. The molecule has 6 heteroatoms. The molecular formula is C15H18FNO3S. The highest BCUT2D eigenvalue weighted by Gasteiger charge is 2.31. The van der Waals surface area contributed by atoms with Crippen molar-refractivity contribution < 1.29 is 17.6 Å². The van der Waals surface area contributed by atoms with E-state index in [0.29, 0.717) is 24.2 Å². The lowest BCUT2D eigenvalue weighted by Gasteiger charge is -2.20. The van der Waals surface area contributed by atoms with E-state index in [-0.39, 0.29) is 4.91 Å². The number of rotatable bonds is 3. The number of benzene rings is 1. The van der Waals surface area contributed by atoms with Gasteiger partial charge in [-0.3, -0.25) is 4.79 Å². The predicted octanol–water partition coefficient (Wildman–Crippen LogP) is 2.48. The molecule has 1 aliphatic rings. The lowest BCUT2D eigenvalue weighted by Crippen LogP contribution is -2.26. The molecule has 4 nitrogen and oxygen atoms in total. The predicted molar refractivity (Wildman–Crippen MR) is 77.9 cm³/mol. The minimum absolute atomic E-state index is 0.315. The summed E-state index contributed by atoms with van der Waals surface area (Å²) in [7, 11) is -4.15. The van der Waals surface area contributed by atoms with E-state index in [9.17, 15) is 17.6 Å². The molecule has 0 radical (unpaired) electrons. The van der Waals surface area contributed by atoms with Crippen LogP contribution in [0.25, 0.3) is 0 Å². The largest absolute Gasteiger partial charge is 0.387 e. The van der Waals surface area contributed by atoms with Crippen LogP contribution < -0.4 is 5.32 Å². The highest BCUT2D eigenvalue weighted by atomic mass is 32.2. The van der Waals surface area contributed by atoms with Gasteiger partial charge in [-0.15, -0.1) is 0 Å². The highest BCUT2D eigenvalue weighted by molar-refractivity contribution is 7.96. The number of hydrogen-bond donors (Lipinski definition) is 1. The molecule has 0 atom stereocenters. The zero-order chi connectivity index (χ0) is 15.6. The second kappa shape index (κ2) is 5.97. The fraction of sp³-hybridized carbons (Fsp3) is 0.400. The molecular weight excluding hydrogens is 293 g/mol. The van der Waals surface area contributed by atoms with E-state index in [4.69, 9.17) is 0 Å². The lowest BCUT2D eigenvalue weighted by atomic mass is 10.1. The van der Waals surface area contributed by atoms with Gasteiger partial charge in [-0.25, -0.2) is 12.8 Å². The zero-order valence-corrected chi connectivity index (χ0v) is 12.9. The summed E-state index contributed by atoms with van der Waals surface area (Å²) in [6.45, 7) is 3.49. The second-order valence-corrected chi connectivity index (χ2v) is 7.04. The van der Waals surface area contributed by atoms with Crippen LogP contribution in [0.2, 0.25) is 0 Å². The monoisotopic (exact) mass is 311 g/mol. The van der Waals surface area contributed by atoms with Crippen LogP contribution in [-0.2, 0) is 14.6 Å². The molecule has 0 spiro atoms. The van der Waals surface area contributed by atoms with Crippen molar-refractivity contribution in [3.05, 3.63) is 40.2 Å². The van der Waals surface area contributed by atoms with E-state index in [1.54, 1.807) is 6.92 Å². The first kappa shape index (κ1) is 15.7. The van der Waals surface area contributed by atoms with Gasteiger partial charge in [0.25, 0.3) is 0 Å². The number of nitrogens with one attached hydrogen (secondary N) is 1. The minimum Gasteiger partial charge on any atom is -0.387 e. The molecule has 0 aromatic heterocycles. The van der Waals surface area contributed by atoms with Gasteiger partial charge in [0, 0.05) is 12.2 Å². The number of hydrogen-bond acceptors (Lipinski definition) is 4. The van der Waals surface area contributed by atoms with Gasteiger partial charge in [-0.1, -0.05) is 6.07 Å². The third kappa shape index (κ3) is 3.15. The number of aryl methyl sites for hydroxylation is 1. The number of ketones is 1. The second-order valence-electron chi connectivity index (χ2n) is 5.19. The Morgan fingerprint density at radius 2 is 2.00 bits per heavy atom. The van der Waals surface area contributed by atoms with Gasteiger partial charge in [-0.2, -0.15) is 0 Å². The van der Waals surface area contributed by atoms with E-state index >= 15 is 0 Å². The zero-order valence-electron chi connectivity index (χ0n) is 12.1. The van der Waals surface area contributed by atoms with Gasteiger partial charge in [0.2, 0.25) is 9.84 Å². The van der Waals surface area contributed by atoms with Crippen molar-refractivity contribution in [2.24, 2.45) is 0 Å². The first-order valence-electron chi connectivity index (χ1n) is 6.83. The summed E-state index contributed by atoms with van der Waals surface area (Å²) < 4.78 is 39.3. The van der Waals surface area contributed by atoms with Crippen molar-refractivity contribution in [2.45, 2.75) is 38.0 Å². The van der Waals surface area contributed by atoms with Crippen LogP contribution >= 0.6 is 0 Å². The van der Waals surface area contributed by atoms with Crippen molar-refractivity contribution in [2.75, 3.05) is 6.54 Å². The Morgan fingerprint density at radius 3 is 2.52 bits per heavy atom. The smallest absolute Gasteiger partial charge is 0.214 e. The number of allylic oxidation sites excluding steroid dienone is 2. The van der Waals surface area contributed by atoms with E-state index < -0.39 is 26.3 Å². The van der Waals surface area contributed by atoms with Crippen LogP contribution in [0.1, 0.15) is 31.7 Å². The van der Waals surface area contributed by atoms with Crippen molar-refractivity contribution in [3.63, 3.8) is 0 Å². The maximum Gasteiger partial charge on any atom is 0.214 e. The molecule has 1 aromatic rings. The average Bonchev–Trinajstić information content (AvgIpc) is 2.38. The number of piperidine rings is 1. The Hall–Kier alpha value is -1.69. The Balaban J connectivity index is 2.61. The molecule has 1 N–H and O–H groups in total. The molecule has 0 amide bonds. The maximum atomic E-state index is 14.0. The van der Waals surface area contributed by atoms with E-state index in [1.807, 2.05) is 0 Å². The van der Waals surface area contributed by atoms with Crippen molar-refractivity contribution in [1.29, 1.82) is 0 Å². The molecule has 0 saturated carbocycles. The van der Waals surface area contributed by atoms with Gasteiger partial charge < -0.3 is 5.32 Å². The Bertz CT molecular complexity index is 700. The van der Waals surface area contributed by atoms with Crippen LogP contribution in [-0.4, -0.2) is 20.7 Å². The number of carbonyl (C=O) groups is 1. The molecule has 114 valence electrons. The van der Waals surface area contributed by atoms with E-state index in [0.717, 1.165) is 18.9 Å². The fourth-order valence-corrected chi connectivity index (χ4v) is 4.11. The molecule has 0 aliphatic carbocycles. The summed E-state index contributed by atoms with van der Waals surface area (Å²) in [4.78, 5) is 11.1. The molecule has 1 heterocycles. The van der Waals surface area contributed by atoms with Gasteiger partial charge in [-0.05, 0) is 50.8 Å².